The summed E-state index contributed by atoms with van der Waals surface area (Å²) in [4.78, 5) is 49.2. The van der Waals surface area contributed by atoms with Crippen LogP contribution in [0, 0.1) is 35.0 Å². The van der Waals surface area contributed by atoms with Gasteiger partial charge >= 0.3 is 11.9 Å². The number of ether oxygens (including phenoxy) is 5. The van der Waals surface area contributed by atoms with Gasteiger partial charge in [0.1, 0.15) is 11.6 Å². The third kappa shape index (κ3) is 11.2. The van der Waals surface area contributed by atoms with E-state index in [0.717, 1.165) is 19.4 Å². The Morgan fingerprint density at radius 3 is 2.20 bits per heavy atom. The summed E-state index contributed by atoms with van der Waals surface area (Å²) in [6, 6.07) is -0.190. The molecule has 3 saturated heterocycles. The zero-order valence-corrected chi connectivity index (χ0v) is 31.2. The topological polar surface area (TPSA) is 142 Å². The van der Waals surface area contributed by atoms with Crippen LogP contribution in [0.2, 0.25) is 0 Å². The third-order valence-electron chi connectivity index (χ3n) is 9.49. The number of nitrogens with one attached hydrogen (secondary N) is 2. The minimum Gasteiger partial charge on any atom is -0.459 e. The van der Waals surface area contributed by atoms with Gasteiger partial charge in [0.25, 0.3) is 0 Å². The van der Waals surface area contributed by atoms with Crippen LogP contribution in [0.5, 0.6) is 5.75 Å². The summed E-state index contributed by atoms with van der Waals surface area (Å²) >= 11 is 0. The molecule has 54 heavy (non-hydrogen) atoms. The van der Waals surface area contributed by atoms with Gasteiger partial charge in [0.05, 0.1) is 49.1 Å². The molecular weight excluding hydrogens is 723 g/mol. The molecule has 2 N–H and O–H groups in total. The van der Waals surface area contributed by atoms with Gasteiger partial charge in [-0.15, -0.1) is 0 Å². The summed E-state index contributed by atoms with van der Waals surface area (Å²) in [7, 11) is 0. The second kappa shape index (κ2) is 17.5. The minimum atomic E-state index is -2.40. The quantitative estimate of drug-likeness (QED) is 0.0384. The van der Waals surface area contributed by atoms with Crippen molar-refractivity contribution in [1.82, 2.24) is 10.6 Å². The molecular formula is C38H47F5N2O9. The van der Waals surface area contributed by atoms with Gasteiger partial charge in [-0.1, -0.05) is 30.7 Å². The van der Waals surface area contributed by atoms with E-state index in [0.29, 0.717) is 32.3 Å². The molecule has 298 valence electrons. The molecule has 0 bridgehead atoms. The van der Waals surface area contributed by atoms with Crippen LogP contribution in [0.25, 0.3) is 0 Å². The van der Waals surface area contributed by atoms with Gasteiger partial charge in [-0.3, -0.25) is 14.4 Å². The monoisotopic (exact) mass is 770 g/mol. The molecule has 3 aliphatic heterocycles. The first-order valence-corrected chi connectivity index (χ1v) is 17.7. The Morgan fingerprint density at radius 2 is 1.59 bits per heavy atom. The van der Waals surface area contributed by atoms with Crippen molar-refractivity contribution < 1.29 is 64.8 Å². The molecule has 1 aromatic carbocycles. The SMILES string of the molecule is CC(=O)OC(C)C=CC(=O)NC1CC(C)C(CC=C(C)C=CC2CC3(CO3)CC(CC(=O)NC(C)(C)C(=O)Oc3c(F)c(F)c(F)c(F)c3F)O2)OC1C. The standard InChI is InChI=1S/C38H47F5N2O9/c1-19(9-12-27-20(2)14-26(22(4)52-27)44-28(47)13-10-21(3)51-23(5)46)8-11-24-16-38(18-50-38)17-25(53-24)15-29(48)45-37(6,7)36(49)54-35-33(42)31(40)30(39)32(41)34(35)43/h8-11,13,20-22,24-27H,12,14-18H2,1-7H3,(H,44,47)(H,45,48). The fourth-order valence-electron chi connectivity index (χ4n) is 6.43. The average molecular weight is 771 g/mol. The smallest absolute Gasteiger partial charge is 0.336 e. The van der Waals surface area contributed by atoms with E-state index in [1.165, 1.54) is 19.1 Å². The van der Waals surface area contributed by atoms with Crippen molar-refractivity contribution in [3.63, 3.8) is 0 Å². The molecule has 0 saturated carbocycles. The molecule has 0 aromatic heterocycles. The fourth-order valence-corrected chi connectivity index (χ4v) is 6.43. The Kier molecular flexibility index (Phi) is 13.8. The highest BCUT2D eigenvalue weighted by atomic mass is 19.2. The van der Waals surface area contributed by atoms with E-state index in [2.05, 4.69) is 22.3 Å². The first-order valence-electron chi connectivity index (χ1n) is 17.7. The van der Waals surface area contributed by atoms with Crippen LogP contribution < -0.4 is 15.4 Å². The maximum atomic E-state index is 14.1. The summed E-state index contributed by atoms with van der Waals surface area (Å²) in [5.41, 5.74) is -1.44. The van der Waals surface area contributed by atoms with Gasteiger partial charge in [0.2, 0.25) is 46.6 Å². The molecule has 4 rings (SSSR count). The van der Waals surface area contributed by atoms with Gasteiger partial charge in [0, 0.05) is 25.8 Å². The number of rotatable bonds is 13. The molecule has 8 unspecified atom stereocenters. The molecule has 1 aromatic rings. The van der Waals surface area contributed by atoms with Gasteiger partial charge in [-0.2, -0.15) is 8.78 Å². The van der Waals surface area contributed by atoms with Crippen LogP contribution in [0.15, 0.2) is 36.0 Å². The van der Waals surface area contributed by atoms with Crippen molar-refractivity contribution >= 4 is 23.8 Å². The third-order valence-corrected chi connectivity index (χ3v) is 9.49. The number of hydrogen-bond donors (Lipinski definition) is 2. The van der Waals surface area contributed by atoms with E-state index in [-0.39, 0.29) is 36.5 Å². The first kappa shape index (κ1) is 42.6. The van der Waals surface area contributed by atoms with Crippen LogP contribution in [0.1, 0.15) is 80.6 Å². The molecule has 3 aliphatic rings. The largest absolute Gasteiger partial charge is 0.459 e. The number of epoxide rings is 1. The van der Waals surface area contributed by atoms with Crippen molar-refractivity contribution in [3.8, 4) is 5.75 Å². The maximum Gasteiger partial charge on any atom is 0.336 e. The van der Waals surface area contributed by atoms with E-state index < -0.39 is 82.1 Å². The van der Waals surface area contributed by atoms with Crippen LogP contribution >= 0.6 is 0 Å². The molecule has 3 fully saturated rings. The van der Waals surface area contributed by atoms with Crippen molar-refractivity contribution in [2.75, 3.05) is 6.61 Å². The van der Waals surface area contributed by atoms with Gasteiger partial charge in [-0.05, 0) is 59.5 Å². The summed E-state index contributed by atoms with van der Waals surface area (Å²) in [6.07, 6.45) is 8.91. The lowest BCUT2D eigenvalue weighted by Gasteiger charge is -2.39. The molecule has 3 heterocycles. The van der Waals surface area contributed by atoms with Gasteiger partial charge < -0.3 is 34.3 Å². The van der Waals surface area contributed by atoms with E-state index in [1.807, 2.05) is 32.1 Å². The summed E-state index contributed by atoms with van der Waals surface area (Å²) in [5.74, 6) is -16.1. The number of benzene rings is 1. The number of amides is 2. The molecule has 0 aliphatic carbocycles. The Morgan fingerprint density at radius 1 is 0.963 bits per heavy atom. The van der Waals surface area contributed by atoms with Crippen molar-refractivity contribution in [2.45, 2.75) is 128 Å². The number of hydrogen-bond acceptors (Lipinski definition) is 9. The van der Waals surface area contributed by atoms with Crippen molar-refractivity contribution in [2.24, 2.45) is 5.92 Å². The number of carbonyl (C=O) groups excluding carboxylic acids is 4. The lowest BCUT2D eigenvalue weighted by molar-refractivity contribution is -0.145. The average Bonchev–Trinajstić information content (AvgIpc) is 3.83. The predicted molar refractivity (Wildman–Crippen MR) is 183 cm³/mol. The Bertz CT molecular complexity index is 1660. The predicted octanol–water partition coefficient (Wildman–Crippen LogP) is 5.59. The van der Waals surface area contributed by atoms with Gasteiger partial charge in [-0.25, -0.2) is 18.0 Å². The molecule has 0 radical (unpaired) electrons. The molecule has 16 heteroatoms. The van der Waals surface area contributed by atoms with E-state index in [4.69, 9.17) is 18.9 Å². The second-order valence-corrected chi connectivity index (χ2v) is 14.8. The van der Waals surface area contributed by atoms with E-state index >= 15 is 0 Å². The van der Waals surface area contributed by atoms with E-state index in [1.54, 1.807) is 6.92 Å². The highest BCUT2D eigenvalue weighted by molar-refractivity contribution is 5.89. The summed E-state index contributed by atoms with van der Waals surface area (Å²) < 4.78 is 96.3. The van der Waals surface area contributed by atoms with Crippen molar-refractivity contribution in [3.05, 3.63) is 65.0 Å². The minimum absolute atomic E-state index is 0.0782. The first-order chi connectivity index (χ1) is 25.2. The maximum absolute atomic E-state index is 14.1. The normalized spacial score (nSPS) is 27.9. The zero-order chi connectivity index (χ0) is 40.1. The zero-order valence-electron chi connectivity index (χ0n) is 31.2. The lowest BCUT2D eigenvalue weighted by atomic mass is 9.88. The number of carbonyl (C=O) groups is 4. The Hall–Kier alpha value is -4.15. The summed E-state index contributed by atoms with van der Waals surface area (Å²) in [5, 5.41) is 5.34. The molecule has 1 spiro atoms. The Balaban J connectivity index is 1.28. The van der Waals surface area contributed by atoms with Crippen molar-refractivity contribution in [1.29, 1.82) is 0 Å². The lowest BCUT2D eigenvalue weighted by Crippen LogP contribution is -2.53. The molecule has 11 nitrogen and oxygen atoms in total. The van der Waals surface area contributed by atoms with Crippen LogP contribution in [-0.2, 0) is 38.1 Å². The van der Waals surface area contributed by atoms with Gasteiger partial charge in [0.15, 0.2) is 0 Å². The molecule has 8 atom stereocenters. The molecule has 2 amide bonds. The number of allylic oxidation sites excluding steroid dienone is 2. The van der Waals surface area contributed by atoms with Crippen LogP contribution in [0.3, 0.4) is 0 Å². The van der Waals surface area contributed by atoms with Crippen LogP contribution in [-0.4, -0.2) is 78.1 Å². The second-order valence-electron chi connectivity index (χ2n) is 14.8. The fraction of sp³-hybridized carbons (Fsp3) is 0.579. The summed E-state index contributed by atoms with van der Waals surface area (Å²) in [6.45, 7) is 11.7. The number of esters is 2. The highest BCUT2D eigenvalue weighted by Gasteiger charge is 2.51. The van der Waals surface area contributed by atoms with E-state index in [9.17, 15) is 41.1 Å². The Labute approximate surface area is 310 Å². The number of halogens is 5. The highest BCUT2D eigenvalue weighted by Crippen LogP contribution is 2.43. The van der Waals surface area contributed by atoms with Crippen LogP contribution in [0.4, 0.5) is 22.0 Å².